The molecule has 0 saturated heterocycles. The molecule has 1 unspecified atom stereocenters. The second kappa shape index (κ2) is 37.3. The van der Waals surface area contributed by atoms with E-state index in [1.807, 2.05) is 19.9 Å². The first-order valence-electron chi connectivity index (χ1n) is 40.3. The molecule has 18 rings (SSSR count). The van der Waals surface area contributed by atoms with Gasteiger partial charge in [0.1, 0.15) is 108 Å². The largest absolute Gasteiger partial charge is 0.468 e. The molecule has 0 spiro atoms. The number of carbonyl (C=O) groups is 4. The molecule has 0 bridgehead atoms. The molecule has 678 valence electrons. The monoisotopic (exact) mass is 1930 g/mol. The summed E-state index contributed by atoms with van der Waals surface area (Å²) < 4.78 is 124. The predicted molar refractivity (Wildman–Crippen MR) is 476 cm³/mol. The van der Waals surface area contributed by atoms with Gasteiger partial charge in [0.05, 0.1) is 122 Å². The highest BCUT2D eigenvalue weighted by Gasteiger charge is 2.47. The number of aromatic nitrogens is 22. The van der Waals surface area contributed by atoms with Crippen molar-refractivity contribution in [2.24, 2.45) is 11.1 Å². The number of nitriles is 2. The number of rotatable bonds is 14. The lowest BCUT2D eigenvalue weighted by Gasteiger charge is -2.17. The van der Waals surface area contributed by atoms with Crippen molar-refractivity contribution in [1.82, 2.24) is 109 Å². The van der Waals surface area contributed by atoms with Crippen LogP contribution in [0.25, 0.3) is 83.5 Å². The van der Waals surface area contributed by atoms with Crippen molar-refractivity contribution in [2.45, 2.75) is 145 Å². The van der Waals surface area contributed by atoms with Gasteiger partial charge in [0.25, 0.3) is 0 Å². The van der Waals surface area contributed by atoms with Crippen LogP contribution in [-0.2, 0) is 66.3 Å². The van der Waals surface area contributed by atoms with Crippen molar-refractivity contribution in [3.05, 3.63) is 233 Å². The van der Waals surface area contributed by atoms with Gasteiger partial charge in [-0.2, -0.15) is 30.9 Å². The van der Waals surface area contributed by atoms with Crippen molar-refractivity contribution in [1.29, 1.82) is 15.9 Å². The number of halogens is 9. The number of nitrogens with zero attached hydrogens (tertiary/aromatic N) is 25. The van der Waals surface area contributed by atoms with E-state index in [4.69, 9.17) is 28.7 Å². The van der Waals surface area contributed by atoms with E-state index in [9.17, 15) is 59.6 Å². The van der Waals surface area contributed by atoms with E-state index in [2.05, 4.69) is 138 Å². The highest BCUT2D eigenvalue weighted by Crippen LogP contribution is 2.44. The Bertz CT molecular complexity index is 7210. The molecule has 0 aromatic carbocycles. The lowest BCUT2D eigenvalue weighted by molar-refractivity contribution is -0.150. The number of nitrogens with two attached hydrogens (primary N) is 2. The lowest BCUT2D eigenvalue weighted by atomic mass is 9.86. The van der Waals surface area contributed by atoms with Crippen LogP contribution >= 0.6 is 22.6 Å². The molecule has 45 heteroatoms. The van der Waals surface area contributed by atoms with Crippen molar-refractivity contribution >= 4 is 120 Å². The van der Waals surface area contributed by atoms with Crippen molar-refractivity contribution < 1.29 is 59.0 Å². The second-order valence-corrected chi connectivity index (χ2v) is 33.0. The molecular formula is C88H78F8IN31O5. The minimum Gasteiger partial charge on any atom is -0.468 e. The Morgan fingerprint density at radius 1 is 0.511 bits per heavy atom. The Hall–Kier alpha value is -15.9. The van der Waals surface area contributed by atoms with Crippen LogP contribution in [0.5, 0.6) is 0 Å². The van der Waals surface area contributed by atoms with Gasteiger partial charge in [-0.15, -0.1) is 0 Å². The summed E-state index contributed by atoms with van der Waals surface area (Å²) in [5, 5.41) is 52.9. The zero-order valence-electron chi connectivity index (χ0n) is 73.4. The van der Waals surface area contributed by atoms with Crippen LogP contribution in [0.4, 0.5) is 58.4 Å². The van der Waals surface area contributed by atoms with Gasteiger partial charge in [-0.05, 0) is 178 Å². The molecule has 18 heterocycles. The van der Waals surface area contributed by atoms with Crippen LogP contribution in [0.3, 0.4) is 0 Å². The quantitative estimate of drug-likeness (QED) is 0.0112. The summed E-state index contributed by atoms with van der Waals surface area (Å²) in [5.74, 6) is -4.39. The van der Waals surface area contributed by atoms with Gasteiger partial charge >= 0.3 is 12.0 Å². The van der Waals surface area contributed by atoms with E-state index in [-0.39, 0.29) is 170 Å². The van der Waals surface area contributed by atoms with Gasteiger partial charge in [0.15, 0.2) is 57.2 Å². The number of hydrogen-bond donors (Lipinski definition) is 6. The first-order valence-corrected chi connectivity index (χ1v) is 41.3. The van der Waals surface area contributed by atoms with Gasteiger partial charge in [-0.3, -0.25) is 49.4 Å². The summed E-state index contributed by atoms with van der Waals surface area (Å²) in [5.41, 5.74) is 12.8. The standard InChI is InChI=1S/C22H16F2N8O.C21H16F2IN7O.C21H18F2N8O.C14H12F2N6.C8H10N2O2.C2H6/c1-10-13(24)7-11-17(31-32(20(11)27-10)9-15-12(23)5-4-6-26-15)19-28-14(8-25)16-18(29-19)30-21(33)22(16,2)3;2*1-9-12(23)7-10-15(18-27-16(24)14-17(28-18)29-20(32)21(14,2)3)30-31(19(10)26-9)8-13-11(22)5-4-6-25-13;1-7-10(16)5-8-12(13(17)18)21-22(14(8)20-7)6-11-9(15)3-2-4-19-11;1-8(2,7(11)12-4)6(5-9)10-3;1-2/h4-7H,9H2,1-3H3,(H,28,29,30,33);4-7H,8H2,1-3H3,(H,27,28,29,32);4-7H,8H2,1-3H3,(H3,24,27,28,29,32);2-5H,6H2,1H3,(H3,17,18);6H,1-2,4H3;1-2H3. The summed E-state index contributed by atoms with van der Waals surface area (Å²) >= 11 is 2.05. The van der Waals surface area contributed by atoms with E-state index in [0.29, 0.717) is 59.3 Å². The first kappa shape index (κ1) is 94.7. The number of fused-ring (bicyclic) bond motifs is 7. The van der Waals surface area contributed by atoms with E-state index in [0.717, 1.165) is 0 Å². The van der Waals surface area contributed by atoms with Gasteiger partial charge in [0, 0.05) is 35.9 Å². The lowest BCUT2D eigenvalue weighted by Crippen LogP contribution is -2.35. The molecule has 8 N–H and O–H groups in total. The second-order valence-electron chi connectivity index (χ2n) is 31.9. The summed E-state index contributed by atoms with van der Waals surface area (Å²) in [6.07, 6.45) is 5.88. The SMILES string of the molecule is CC.Cc1nc2c(cc1F)c(-c1nc(C#N)c3c(n1)NC(=O)C3(C)C)nn2Cc1ncccc1F.Cc1nc2c(cc1F)c(-c1nc(I)c3c(n1)NC(=O)C3(C)C)nn2Cc1ncccc1F.Cc1nc2c(cc1F)c(-c1nc(N)c3c(n1)NC(=O)C3(C)C)nn2Cc1ncccc1F.Cc1nc2c(cc1F)c(C(=N)N)nn2Cc1ncccc1F.[C-]#[N+]C(C#N)C(C)(C)C(=O)OC. The maximum absolute atomic E-state index is 14.4. The number of hydrogen-bond acceptors (Lipinski definition) is 27. The molecule has 0 aliphatic carbocycles. The first-order chi connectivity index (χ1) is 63.0. The molecule has 3 amide bonds. The molecule has 36 nitrogen and oxygen atoms in total. The molecule has 0 fully saturated rings. The van der Waals surface area contributed by atoms with Gasteiger partial charge in [-0.25, -0.2) is 110 Å². The van der Waals surface area contributed by atoms with Crippen LogP contribution in [0.1, 0.15) is 143 Å². The van der Waals surface area contributed by atoms with E-state index in [1.165, 1.54) is 158 Å². The number of nitrogen functional groups attached to an aromatic ring is 2. The van der Waals surface area contributed by atoms with Crippen LogP contribution in [0, 0.1) is 118 Å². The van der Waals surface area contributed by atoms with Crippen LogP contribution in [-0.4, -0.2) is 152 Å². The number of aryl methyl sites for hydroxylation is 4. The summed E-state index contributed by atoms with van der Waals surface area (Å²) in [4.78, 5) is 111. The highest BCUT2D eigenvalue weighted by molar-refractivity contribution is 14.1. The third-order valence-corrected chi connectivity index (χ3v) is 22.4. The van der Waals surface area contributed by atoms with E-state index >= 15 is 0 Å². The smallest absolute Gasteiger partial charge is 0.322 e. The average Bonchev–Trinajstić information content (AvgIpc) is 1.59. The molecule has 0 radical (unpaired) electrons. The molecule has 3 aliphatic rings. The minimum absolute atomic E-state index is 0.00690. The molecule has 3 aliphatic heterocycles. The third-order valence-electron chi connectivity index (χ3n) is 21.6. The van der Waals surface area contributed by atoms with Crippen molar-refractivity contribution in [2.75, 3.05) is 28.8 Å². The minimum atomic E-state index is -1.05. The Morgan fingerprint density at radius 3 is 1.17 bits per heavy atom. The zero-order chi connectivity index (χ0) is 96.7. The van der Waals surface area contributed by atoms with Crippen LogP contribution in [0.15, 0.2) is 97.6 Å². The van der Waals surface area contributed by atoms with Gasteiger partial charge in [0.2, 0.25) is 17.7 Å². The summed E-state index contributed by atoms with van der Waals surface area (Å²) in [6.45, 7) is 30.1. The maximum atomic E-state index is 14.4. The number of anilines is 4. The molecule has 15 aromatic heterocycles. The van der Waals surface area contributed by atoms with Crippen LogP contribution in [0.2, 0.25) is 0 Å². The van der Waals surface area contributed by atoms with Crippen molar-refractivity contribution in [3.63, 3.8) is 0 Å². The highest BCUT2D eigenvalue weighted by atomic mass is 127. The molecular weight excluding hydrogens is 1850 g/mol. The topological polar surface area (TPSA) is 493 Å². The Balaban J connectivity index is 0.000000145. The van der Waals surface area contributed by atoms with Gasteiger partial charge < -0.3 is 32.2 Å². The van der Waals surface area contributed by atoms with E-state index < -0.39 is 80.2 Å². The average molecular weight is 1930 g/mol. The third kappa shape index (κ3) is 18.2. The number of carbonyl (C=O) groups excluding carboxylic acids is 4. The fraction of sp³-hybridized carbons (Fsp3) is 0.273. The molecule has 15 aromatic rings. The number of amides is 3. The number of nitrogens with one attached hydrogen (secondary N) is 4. The molecule has 133 heavy (non-hydrogen) atoms. The number of amidine groups is 1. The number of esters is 1. The Labute approximate surface area is 764 Å². The number of pyridine rings is 8. The summed E-state index contributed by atoms with van der Waals surface area (Å²) in [6, 6.07) is 19.0. The Kier molecular flexibility index (Phi) is 26.6. The van der Waals surface area contributed by atoms with Crippen LogP contribution < -0.4 is 27.4 Å². The fourth-order valence-corrected chi connectivity index (χ4v) is 15.3. The van der Waals surface area contributed by atoms with Crippen molar-refractivity contribution in [3.8, 4) is 46.7 Å². The van der Waals surface area contributed by atoms with Gasteiger partial charge in [-0.1, -0.05) is 13.8 Å². The normalized spacial score (nSPS) is 13.6. The van der Waals surface area contributed by atoms with E-state index in [1.54, 1.807) is 54.5 Å². The Morgan fingerprint density at radius 2 is 0.827 bits per heavy atom. The predicted octanol–water partition coefficient (Wildman–Crippen LogP) is 13.3. The zero-order valence-corrected chi connectivity index (χ0v) is 75.6. The molecule has 0 saturated carbocycles. The number of ether oxygens (including phenoxy) is 1. The maximum Gasteiger partial charge on any atom is 0.322 e. The summed E-state index contributed by atoms with van der Waals surface area (Å²) in [7, 11) is 1.24. The number of methoxy groups -OCH3 is 1. The fourth-order valence-electron chi connectivity index (χ4n) is 14.1. The molecule has 1 atom stereocenters.